The molecule has 0 radical (unpaired) electrons. The summed E-state index contributed by atoms with van der Waals surface area (Å²) in [6.07, 6.45) is 3.44. The van der Waals surface area contributed by atoms with E-state index in [-0.39, 0.29) is 0 Å². The summed E-state index contributed by atoms with van der Waals surface area (Å²) >= 11 is 6.47. The van der Waals surface area contributed by atoms with Gasteiger partial charge in [-0.1, -0.05) is 23.7 Å². The van der Waals surface area contributed by atoms with Crippen LogP contribution in [-0.2, 0) is 0 Å². The SMILES string of the molecule is Cc1nc2cc(Cl)c(Nc3nc(-c4ccncc4)nc4ccccc34)cc2o1. The van der Waals surface area contributed by atoms with Crippen LogP contribution in [0, 0.1) is 6.92 Å². The third kappa shape index (κ3) is 2.93. The lowest BCUT2D eigenvalue weighted by Gasteiger charge is -2.12. The number of rotatable bonds is 3. The van der Waals surface area contributed by atoms with Gasteiger partial charge in [0.05, 0.1) is 16.2 Å². The van der Waals surface area contributed by atoms with E-state index in [1.807, 2.05) is 42.5 Å². The standard InChI is InChI=1S/C21H14ClN5O/c1-12-24-18-10-15(22)17(11-19(18)28-12)26-21-14-4-2-3-5-16(14)25-20(27-21)13-6-8-23-9-7-13/h2-11H,1H3,(H,25,26,27). The molecule has 0 atom stereocenters. The smallest absolute Gasteiger partial charge is 0.192 e. The molecule has 3 heterocycles. The van der Waals surface area contributed by atoms with E-state index in [1.165, 1.54) is 0 Å². The lowest BCUT2D eigenvalue weighted by atomic mass is 10.2. The molecule has 5 rings (SSSR count). The fraction of sp³-hybridized carbons (Fsp3) is 0.0476. The Morgan fingerprint density at radius 1 is 0.929 bits per heavy atom. The number of pyridine rings is 1. The molecule has 0 aliphatic carbocycles. The second kappa shape index (κ2) is 6.58. The third-order valence-corrected chi connectivity index (χ3v) is 4.69. The van der Waals surface area contributed by atoms with E-state index >= 15 is 0 Å². The molecule has 0 aliphatic rings. The average molecular weight is 388 g/mol. The molecular formula is C21H14ClN5O. The summed E-state index contributed by atoms with van der Waals surface area (Å²) in [6.45, 7) is 1.81. The van der Waals surface area contributed by atoms with Crippen LogP contribution in [0.2, 0.25) is 5.02 Å². The molecule has 2 aromatic carbocycles. The molecule has 0 saturated heterocycles. The van der Waals surface area contributed by atoms with Gasteiger partial charge < -0.3 is 9.73 Å². The van der Waals surface area contributed by atoms with Gasteiger partial charge in [0, 0.05) is 36.3 Å². The number of aryl methyl sites for hydroxylation is 1. The van der Waals surface area contributed by atoms with Gasteiger partial charge in [0.2, 0.25) is 0 Å². The second-order valence-electron chi connectivity index (χ2n) is 6.31. The van der Waals surface area contributed by atoms with Crippen LogP contribution in [0.15, 0.2) is 65.3 Å². The van der Waals surface area contributed by atoms with Crippen molar-refractivity contribution in [2.24, 2.45) is 0 Å². The van der Waals surface area contributed by atoms with Gasteiger partial charge >= 0.3 is 0 Å². The Bertz CT molecular complexity index is 1320. The lowest BCUT2D eigenvalue weighted by Crippen LogP contribution is -2.00. The highest BCUT2D eigenvalue weighted by molar-refractivity contribution is 6.34. The van der Waals surface area contributed by atoms with Gasteiger partial charge in [-0.15, -0.1) is 0 Å². The number of anilines is 2. The molecule has 0 spiro atoms. The molecule has 1 N–H and O–H groups in total. The van der Waals surface area contributed by atoms with Gasteiger partial charge in [-0.05, 0) is 30.3 Å². The molecule has 0 saturated carbocycles. The summed E-state index contributed by atoms with van der Waals surface area (Å²) in [5.41, 5.74) is 3.79. The minimum atomic E-state index is 0.536. The van der Waals surface area contributed by atoms with E-state index in [9.17, 15) is 0 Å². The van der Waals surface area contributed by atoms with Crippen molar-refractivity contribution >= 4 is 45.1 Å². The van der Waals surface area contributed by atoms with E-state index in [0.717, 1.165) is 22.0 Å². The maximum absolute atomic E-state index is 6.47. The maximum Gasteiger partial charge on any atom is 0.192 e. The van der Waals surface area contributed by atoms with Crippen LogP contribution in [0.1, 0.15) is 5.89 Å². The van der Waals surface area contributed by atoms with E-state index in [2.05, 4.69) is 20.3 Å². The molecular weight excluding hydrogens is 374 g/mol. The Kier molecular flexibility index (Phi) is 3.91. The highest BCUT2D eigenvalue weighted by Crippen LogP contribution is 2.33. The zero-order chi connectivity index (χ0) is 19.1. The topological polar surface area (TPSA) is 76.7 Å². The second-order valence-corrected chi connectivity index (χ2v) is 6.71. The minimum absolute atomic E-state index is 0.536. The van der Waals surface area contributed by atoms with Crippen LogP contribution in [0.3, 0.4) is 0 Å². The highest BCUT2D eigenvalue weighted by atomic mass is 35.5. The van der Waals surface area contributed by atoms with Gasteiger partial charge in [-0.2, -0.15) is 0 Å². The highest BCUT2D eigenvalue weighted by Gasteiger charge is 2.13. The molecule has 0 unspecified atom stereocenters. The first kappa shape index (κ1) is 16.6. The van der Waals surface area contributed by atoms with E-state index < -0.39 is 0 Å². The van der Waals surface area contributed by atoms with Gasteiger partial charge in [0.15, 0.2) is 17.3 Å². The molecule has 7 heteroatoms. The molecule has 136 valence electrons. The van der Waals surface area contributed by atoms with Crippen molar-refractivity contribution in [2.45, 2.75) is 6.92 Å². The minimum Gasteiger partial charge on any atom is -0.441 e. The van der Waals surface area contributed by atoms with Crippen LogP contribution >= 0.6 is 11.6 Å². The quantitative estimate of drug-likeness (QED) is 0.438. The normalized spacial score (nSPS) is 11.2. The van der Waals surface area contributed by atoms with E-state index in [1.54, 1.807) is 25.4 Å². The summed E-state index contributed by atoms with van der Waals surface area (Å²) in [7, 11) is 0. The molecule has 0 amide bonds. The van der Waals surface area contributed by atoms with Crippen LogP contribution in [0.5, 0.6) is 0 Å². The van der Waals surface area contributed by atoms with E-state index in [0.29, 0.717) is 33.8 Å². The van der Waals surface area contributed by atoms with Gasteiger partial charge in [0.1, 0.15) is 11.3 Å². The first-order valence-corrected chi connectivity index (χ1v) is 9.06. The largest absolute Gasteiger partial charge is 0.441 e. The Hall–Kier alpha value is -3.51. The van der Waals surface area contributed by atoms with Gasteiger partial charge in [0.25, 0.3) is 0 Å². The number of halogens is 1. The molecule has 6 nitrogen and oxygen atoms in total. The van der Waals surface area contributed by atoms with Crippen LogP contribution in [-0.4, -0.2) is 19.9 Å². The van der Waals surface area contributed by atoms with Crippen molar-refractivity contribution in [3.05, 3.63) is 71.8 Å². The number of fused-ring (bicyclic) bond motifs is 2. The van der Waals surface area contributed by atoms with Gasteiger partial charge in [-0.3, -0.25) is 4.98 Å². The molecule has 5 aromatic rings. The Morgan fingerprint density at radius 3 is 2.61 bits per heavy atom. The number of nitrogens with one attached hydrogen (secondary N) is 1. The van der Waals surface area contributed by atoms with Crippen LogP contribution in [0.25, 0.3) is 33.4 Å². The summed E-state index contributed by atoms with van der Waals surface area (Å²) in [6, 6.07) is 15.2. The predicted octanol–water partition coefficient (Wildman–Crippen LogP) is 5.54. The van der Waals surface area contributed by atoms with Crippen molar-refractivity contribution < 1.29 is 4.42 Å². The number of para-hydroxylation sites is 1. The van der Waals surface area contributed by atoms with Crippen molar-refractivity contribution in [3.63, 3.8) is 0 Å². The third-order valence-electron chi connectivity index (χ3n) is 4.38. The fourth-order valence-corrected chi connectivity index (χ4v) is 3.29. The zero-order valence-corrected chi connectivity index (χ0v) is 15.6. The summed E-state index contributed by atoms with van der Waals surface area (Å²) in [5.74, 6) is 1.86. The molecule has 0 fully saturated rings. The maximum atomic E-state index is 6.47. The Labute approximate surface area is 165 Å². The Morgan fingerprint density at radius 2 is 1.75 bits per heavy atom. The molecule has 28 heavy (non-hydrogen) atoms. The van der Waals surface area contributed by atoms with E-state index in [4.69, 9.17) is 21.0 Å². The zero-order valence-electron chi connectivity index (χ0n) is 14.8. The number of hydrogen-bond donors (Lipinski definition) is 1. The van der Waals surface area contributed by atoms with Crippen molar-refractivity contribution in [2.75, 3.05) is 5.32 Å². The molecule has 0 bridgehead atoms. The lowest BCUT2D eigenvalue weighted by molar-refractivity contribution is 0.561. The average Bonchev–Trinajstić information content (AvgIpc) is 3.07. The first-order valence-electron chi connectivity index (χ1n) is 8.68. The summed E-state index contributed by atoms with van der Waals surface area (Å²) in [4.78, 5) is 17.8. The van der Waals surface area contributed by atoms with Crippen LogP contribution < -0.4 is 5.32 Å². The molecule has 3 aromatic heterocycles. The monoisotopic (exact) mass is 387 g/mol. The summed E-state index contributed by atoms with van der Waals surface area (Å²) in [5, 5.41) is 4.77. The number of oxazole rings is 1. The Balaban J connectivity index is 1.67. The summed E-state index contributed by atoms with van der Waals surface area (Å²) < 4.78 is 5.63. The number of aromatic nitrogens is 4. The predicted molar refractivity (Wildman–Crippen MR) is 110 cm³/mol. The number of nitrogens with zero attached hydrogens (tertiary/aromatic N) is 4. The van der Waals surface area contributed by atoms with Crippen LogP contribution in [0.4, 0.5) is 11.5 Å². The molecule has 0 aliphatic heterocycles. The van der Waals surface area contributed by atoms with Crippen molar-refractivity contribution in [1.82, 2.24) is 19.9 Å². The van der Waals surface area contributed by atoms with Crippen molar-refractivity contribution in [1.29, 1.82) is 0 Å². The van der Waals surface area contributed by atoms with Crippen molar-refractivity contribution in [3.8, 4) is 11.4 Å². The fourth-order valence-electron chi connectivity index (χ4n) is 3.09. The van der Waals surface area contributed by atoms with Gasteiger partial charge in [-0.25, -0.2) is 15.0 Å². The number of hydrogen-bond acceptors (Lipinski definition) is 6. The first-order chi connectivity index (χ1) is 13.7. The number of benzene rings is 2.